The summed E-state index contributed by atoms with van der Waals surface area (Å²) in [4.78, 5) is 24.6. The molecule has 4 nitrogen and oxygen atoms in total. The van der Waals surface area contributed by atoms with Gasteiger partial charge in [-0.15, -0.1) is 0 Å². The fourth-order valence-corrected chi connectivity index (χ4v) is 2.41. The molecule has 1 heterocycles. The van der Waals surface area contributed by atoms with Crippen molar-refractivity contribution < 1.29 is 14.3 Å². The van der Waals surface area contributed by atoms with Gasteiger partial charge in [0.05, 0.1) is 0 Å². The molecule has 1 aliphatic heterocycles. The molecule has 0 bridgehead atoms. The average Bonchev–Trinajstić information content (AvgIpc) is 2.46. The van der Waals surface area contributed by atoms with E-state index in [4.69, 9.17) is 4.74 Å². The fourth-order valence-electron chi connectivity index (χ4n) is 2.41. The summed E-state index contributed by atoms with van der Waals surface area (Å²) in [5, 5.41) is 0. The number of carbonyl (C=O) groups excluding carboxylic acids is 2. The molecule has 0 N–H and O–H groups in total. The Morgan fingerprint density at radius 2 is 2.16 bits per heavy atom. The maximum absolute atomic E-state index is 12.0. The Labute approximate surface area is 113 Å². The number of nitrogens with zero attached hydrogens (tertiary/aromatic N) is 1. The number of hydrogen-bond donors (Lipinski definition) is 0. The Balaban J connectivity index is 1.90. The second-order valence-corrected chi connectivity index (χ2v) is 4.92. The van der Waals surface area contributed by atoms with E-state index >= 15 is 0 Å². The number of amides is 1. The van der Waals surface area contributed by atoms with E-state index in [9.17, 15) is 9.59 Å². The molecule has 0 aliphatic carbocycles. The molecule has 102 valence electrons. The van der Waals surface area contributed by atoms with Gasteiger partial charge in [-0.25, -0.2) is 4.79 Å². The molecule has 2 atom stereocenters. The predicted octanol–water partition coefficient (Wildman–Crippen LogP) is 2.62. The Kier molecular flexibility index (Phi) is 4.55. The molecule has 4 heteroatoms. The summed E-state index contributed by atoms with van der Waals surface area (Å²) >= 11 is 0. The summed E-state index contributed by atoms with van der Waals surface area (Å²) < 4.78 is 5.30. The van der Waals surface area contributed by atoms with Crippen molar-refractivity contribution >= 4 is 12.4 Å². The van der Waals surface area contributed by atoms with Gasteiger partial charge in [0.2, 0.25) is 0 Å². The van der Waals surface area contributed by atoms with Crippen LogP contribution in [0, 0.1) is 5.92 Å². The highest BCUT2D eigenvalue weighted by Gasteiger charge is 2.31. The van der Waals surface area contributed by atoms with Crippen LogP contribution in [-0.4, -0.2) is 29.9 Å². The lowest BCUT2D eigenvalue weighted by Crippen LogP contribution is -2.47. The monoisotopic (exact) mass is 261 g/mol. The van der Waals surface area contributed by atoms with Crippen LogP contribution < -0.4 is 0 Å². The van der Waals surface area contributed by atoms with Crippen molar-refractivity contribution in [2.45, 2.75) is 32.4 Å². The van der Waals surface area contributed by atoms with Crippen molar-refractivity contribution in [2.24, 2.45) is 5.92 Å². The second-order valence-electron chi connectivity index (χ2n) is 4.92. The largest absolute Gasteiger partial charge is 0.445 e. The molecular weight excluding hydrogens is 242 g/mol. The maximum Gasteiger partial charge on any atom is 0.410 e. The van der Waals surface area contributed by atoms with E-state index in [0.717, 1.165) is 24.7 Å². The molecule has 1 saturated heterocycles. The van der Waals surface area contributed by atoms with Gasteiger partial charge in [-0.05, 0) is 25.3 Å². The van der Waals surface area contributed by atoms with Gasteiger partial charge in [0.15, 0.2) is 0 Å². The Bertz CT molecular complexity index is 432. The lowest BCUT2D eigenvalue weighted by molar-refractivity contribution is -0.113. The van der Waals surface area contributed by atoms with E-state index in [2.05, 4.69) is 0 Å². The van der Waals surface area contributed by atoms with Crippen molar-refractivity contribution in [1.29, 1.82) is 0 Å². The molecule has 2 rings (SSSR count). The van der Waals surface area contributed by atoms with Crippen LogP contribution in [0.4, 0.5) is 4.79 Å². The van der Waals surface area contributed by atoms with Crippen LogP contribution in [0.15, 0.2) is 30.3 Å². The Hall–Kier alpha value is -1.84. The van der Waals surface area contributed by atoms with E-state index in [1.165, 1.54) is 0 Å². The van der Waals surface area contributed by atoms with Crippen LogP contribution in [-0.2, 0) is 16.1 Å². The minimum absolute atomic E-state index is 0.0713. The first-order chi connectivity index (χ1) is 9.22. The lowest BCUT2D eigenvalue weighted by atomic mass is 9.92. The third kappa shape index (κ3) is 3.34. The molecule has 0 spiro atoms. The van der Waals surface area contributed by atoms with Gasteiger partial charge in [-0.3, -0.25) is 0 Å². The van der Waals surface area contributed by atoms with E-state index in [1.54, 1.807) is 4.90 Å². The average molecular weight is 261 g/mol. The predicted molar refractivity (Wildman–Crippen MR) is 71.6 cm³/mol. The zero-order chi connectivity index (χ0) is 13.7. The third-order valence-electron chi connectivity index (χ3n) is 3.66. The molecule has 0 saturated carbocycles. The van der Waals surface area contributed by atoms with E-state index in [-0.39, 0.29) is 24.7 Å². The van der Waals surface area contributed by atoms with E-state index in [0.29, 0.717) is 6.54 Å². The molecule has 1 aromatic rings. The number of carbonyl (C=O) groups is 2. The summed E-state index contributed by atoms with van der Waals surface area (Å²) in [5.41, 5.74) is 0.965. The van der Waals surface area contributed by atoms with Crippen LogP contribution >= 0.6 is 0 Å². The lowest BCUT2D eigenvalue weighted by Gasteiger charge is -2.36. The minimum Gasteiger partial charge on any atom is -0.445 e. The number of aldehydes is 1. The zero-order valence-electron chi connectivity index (χ0n) is 11.1. The highest BCUT2D eigenvalue weighted by atomic mass is 16.6. The molecule has 2 unspecified atom stereocenters. The quantitative estimate of drug-likeness (QED) is 0.786. The summed E-state index contributed by atoms with van der Waals surface area (Å²) in [6.45, 7) is 2.84. The van der Waals surface area contributed by atoms with Crippen LogP contribution in [0.5, 0.6) is 0 Å². The van der Waals surface area contributed by atoms with Crippen molar-refractivity contribution in [3.05, 3.63) is 35.9 Å². The van der Waals surface area contributed by atoms with Gasteiger partial charge < -0.3 is 14.4 Å². The third-order valence-corrected chi connectivity index (χ3v) is 3.66. The van der Waals surface area contributed by atoms with E-state index < -0.39 is 0 Å². The standard InChI is InChI=1S/C15H19NO3/c1-12-14(10-17)8-5-9-16(12)15(18)19-11-13-6-3-2-4-7-13/h2-4,6-7,10,12,14H,5,8-9,11H2,1H3. The number of rotatable bonds is 3. The Morgan fingerprint density at radius 1 is 1.42 bits per heavy atom. The van der Waals surface area contributed by atoms with Crippen LogP contribution in [0.25, 0.3) is 0 Å². The molecule has 1 aromatic carbocycles. The van der Waals surface area contributed by atoms with Crippen molar-refractivity contribution in [3.8, 4) is 0 Å². The summed E-state index contributed by atoms with van der Waals surface area (Å²) in [6.07, 6.45) is 2.32. The van der Waals surface area contributed by atoms with Gasteiger partial charge in [0, 0.05) is 18.5 Å². The van der Waals surface area contributed by atoms with Crippen molar-refractivity contribution in [2.75, 3.05) is 6.54 Å². The summed E-state index contributed by atoms with van der Waals surface area (Å²) in [7, 11) is 0. The van der Waals surface area contributed by atoms with Gasteiger partial charge in [0.25, 0.3) is 0 Å². The maximum atomic E-state index is 12.0. The first kappa shape index (κ1) is 13.6. The molecule has 19 heavy (non-hydrogen) atoms. The SMILES string of the molecule is CC1C(C=O)CCCN1C(=O)OCc1ccccc1. The second kappa shape index (κ2) is 6.36. The molecule has 0 radical (unpaired) electrons. The van der Waals surface area contributed by atoms with Gasteiger partial charge >= 0.3 is 6.09 Å². The Morgan fingerprint density at radius 3 is 2.84 bits per heavy atom. The number of benzene rings is 1. The van der Waals surface area contributed by atoms with E-state index in [1.807, 2.05) is 37.3 Å². The fraction of sp³-hybridized carbons (Fsp3) is 0.467. The zero-order valence-corrected chi connectivity index (χ0v) is 11.1. The number of ether oxygens (including phenoxy) is 1. The highest BCUT2D eigenvalue weighted by molar-refractivity contribution is 5.69. The number of piperidine rings is 1. The molecule has 0 aromatic heterocycles. The molecule has 1 aliphatic rings. The van der Waals surface area contributed by atoms with Crippen LogP contribution in [0.3, 0.4) is 0 Å². The van der Waals surface area contributed by atoms with Gasteiger partial charge in [0.1, 0.15) is 12.9 Å². The smallest absolute Gasteiger partial charge is 0.410 e. The van der Waals surface area contributed by atoms with Gasteiger partial charge in [-0.1, -0.05) is 30.3 Å². The summed E-state index contributed by atoms with van der Waals surface area (Å²) in [6, 6.07) is 9.51. The number of likely N-dealkylation sites (tertiary alicyclic amines) is 1. The topological polar surface area (TPSA) is 46.6 Å². The van der Waals surface area contributed by atoms with Crippen LogP contribution in [0.1, 0.15) is 25.3 Å². The normalized spacial score (nSPS) is 22.9. The van der Waals surface area contributed by atoms with Crippen molar-refractivity contribution in [1.82, 2.24) is 4.90 Å². The number of hydrogen-bond acceptors (Lipinski definition) is 3. The molecular formula is C15H19NO3. The molecule has 1 fully saturated rings. The van der Waals surface area contributed by atoms with Gasteiger partial charge in [-0.2, -0.15) is 0 Å². The highest BCUT2D eigenvalue weighted by Crippen LogP contribution is 2.22. The summed E-state index contributed by atoms with van der Waals surface area (Å²) in [5.74, 6) is -0.0713. The first-order valence-electron chi connectivity index (χ1n) is 6.65. The van der Waals surface area contributed by atoms with Crippen molar-refractivity contribution in [3.63, 3.8) is 0 Å². The van der Waals surface area contributed by atoms with Crippen LogP contribution in [0.2, 0.25) is 0 Å². The molecule has 1 amide bonds. The minimum atomic E-state index is -0.331. The first-order valence-corrected chi connectivity index (χ1v) is 6.65.